The lowest BCUT2D eigenvalue weighted by Crippen LogP contribution is -2.56. The van der Waals surface area contributed by atoms with Gasteiger partial charge in [-0.05, 0) is 50.3 Å². The second-order valence-electron chi connectivity index (χ2n) is 8.38. The van der Waals surface area contributed by atoms with E-state index in [1.54, 1.807) is 13.1 Å². The standard InChI is InChI=1S/C21H33FN4O3S.HI/c1-16-6-7-18(22)19(13-16)26-10-4-5-17(14-26)25-20(23-2)24-15-21(30(3,27)28)8-11-29-12-9-21;/h6-7,13,17H,4-5,8-12,14-15H2,1-3H3,(H2,23,24,25);1H. The molecule has 10 heteroatoms. The van der Waals surface area contributed by atoms with Crippen LogP contribution in [0.25, 0.3) is 0 Å². The second kappa shape index (κ2) is 11.1. The van der Waals surface area contributed by atoms with Crippen LogP contribution in [-0.4, -0.2) is 71.3 Å². The highest BCUT2D eigenvalue weighted by atomic mass is 127. The van der Waals surface area contributed by atoms with Crippen molar-refractivity contribution < 1.29 is 17.5 Å². The quantitative estimate of drug-likeness (QED) is 0.323. The highest BCUT2D eigenvalue weighted by Crippen LogP contribution is 2.29. The molecule has 0 saturated carbocycles. The van der Waals surface area contributed by atoms with Crippen LogP contribution in [0.15, 0.2) is 23.2 Å². The van der Waals surface area contributed by atoms with Crippen LogP contribution < -0.4 is 15.5 Å². The highest BCUT2D eigenvalue weighted by Gasteiger charge is 2.42. The third-order valence-corrected chi connectivity index (χ3v) is 8.32. The summed E-state index contributed by atoms with van der Waals surface area (Å²) in [5.74, 6) is 0.361. The van der Waals surface area contributed by atoms with Crippen molar-refractivity contribution in [2.45, 2.75) is 43.4 Å². The summed E-state index contributed by atoms with van der Waals surface area (Å²) in [5, 5.41) is 6.62. The van der Waals surface area contributed by atoms with Crippen molar-refractivity contribution in [2.24, 2.45) is 4.99 Å². The maximum absolute atomic E-state index is 14.3. The van der Waals surface area contributed by atoms with Gasteiger partial charge in [0.25, 0.3) is 0 Å². The Morgan fingerprint density at radius 1 is 1.35 bits per heavy atom. The number of guanidine groups is 1. The molecule has 2 aliphatic heterocycles. The summed E-state index contributed by atoms with van der Waals surface area (Å²) in [7, 11) is -1.58. The van der Waals surface area contributed by atoms with E-state index < -0.39 is 14.6 Å². The van der Waals surface area contributed by atoms with Crippen LogP contribution >= 0.6 is 24.0 Å². The van der Waals surface area contributed by atoms with Gasteiger partial charge >= 0.3 is 0 Å². The molecule has 1 aromatic rings. The normalized spacial score (nSPS) is 21.9. The molecule has 0 amide bonds. The predicted octanol–water partition coefficient (Wildman–Crippen LogP) is 2.48. The van der Waals surface area contributed by atoms with Crippen molar-refractivity contribution in [2.75, 3.05) is 51.1 Å². The number of piperidine rings is 1. The lowest BCUT2D eigenvalue weighted by Gasteiger charge is -2.37. The van der Waals surface area contributed by atoms with E-state index in [0.29, 0.717) is 44.2 Å². The molecule has 7 nitrogen and oxygen atoms in total. The van der Waals surface area contributed by atoms with Gasteiger partial charge in [-0.25, -0.2) is 12.8 Å². The minimum atomic E-state index is -3.25. The van der Waals surface area contributed by atoms with Gasteiger partial charge in [-0.15, -0.1) is 24.0 Å². The first-order chi connectivity index (χ1) is 14.2. The minimum Gasteiger partial charge on any atom is -0.381 e. The lowest BCUT2D eigenvalue weighted by molar-refractivity contribution is 0.0756. The number of hydrogen-bond acceptors (Lipinski definition) is 5. The van der Waals surface area contributed by atoms with Crippen LogP contribution in [0.3, 0.4) is 0 Å². The summed E-state index contributed by atoms with van der Waals surface area (Å²) in [6, 6.07) is 5.26. The average Bonchev–Trinajstić information content (AvgIpc) is 2.73. The van der Waals surface area contributed by atoms with Gasteiger partial charge in [-0.3, -0.25) is 4.99 Å². The monoisotopic (exact) mass is 568 g/mol. The Morgan fingerprint density at radius 3 is 2.71 bits per heavy atom. The summed E-state index contributed by atoms with van der Waals surface area (Å²) in [6.45, 7) is 4.61. The molecule has 2 N–H and O–H groups in total. The molecule has 31 heavy (non-hydrogen) atoms. The molecule has 1 aromatic carbocycles. The van der Waals surface area contributed by atoms with Crippen molar-refractivity contribution in [3.05, 3.63) is 29.6 Å². The topological polar surface area (TPSA) is 83.0 Å². The highest BCUT2D eigenvalue weighted by molar-refractivity contribution is 14.0. The van der Waals surface area contributed by atoms with E-state index in [1.807, 2.05) is 13.0 Å². The average molecular weight is 568 g/mol. The van der Waals surface area contributed by atoms with Gasteiger partial charge < -0.3 is 20.3 Å². The molecule has 2 fully saturated rings. The Hall–Kier alpha value is -1.14. The number of benzene rings is 1. The van der Waals surface area contributed by atoms with Crippen molar-refractivity contribution >= 4 is 45.5 Å². The van der Waals surface area contributed by atoms with E-state index in [2.05, 4.69) is 20.5 Å². The number of aliphatic imine (C=N–C) groups is 1. The Bertz CT molecular complexity index is 875. The van der Waals surface area contributed by atoms with Crippen molar-refractivity contribution in [1.82, 2.24) is 10.6 Å². The molecule has 2 aliphatic rings. The molecular weight excluding hydrogens is 534 g/mol. The van der Waals surface area contributed by atoms with Gasteiger partial charge in [0.1, 0.15) is 5.82 Å². The molecule has 0 radical (unpaired) electrons. The molecule has 2 saturated heterocycles. The maximum Gasteiger partial charge on any atom is 0.191 e. The third-order valence-electron chi connectivity index (χ3n) is 6.20. The van der Waals surface area contributed by atoms with Gasteiger partial charge in [0.2, 0.25) is 0 Å². The number of aryl methyl sites for hydroxylation is 1. The first-order valence-corrected chi connectivity index (χ1v) is 12.4. The first kappa shape index (κ1) is 26.1. The van der Waals surface area contributed by atoms with Gasteiger partial charge in [0.15, 0.2) is 15.8 Å². The van der Waals surface area contributed by atoms with E-state index in [9.17, 15) is 12.8 Å². The van der Waals surface area contributed by atoms with Crippen LogP contribution in [-0.2, 0) is 14.6 Å². The largest absolute Gasteiger partial charge is 0.381 e. The number of halogens is 2. The van der Waals surface area contributed by atoms with Crippen molar-refractivity contribution in [3.63, 3.8) is 0 Å². The molecular formula is C21H34FIN4O3S. The molecule has 0 spiro atoms. The number of rotatable bonds is 5. The summed E-state index contributed by atoms with van der Waals surface area (Å²) in [4.78, 5) is 6.35. The van der Waals surface area contributed by atoms with Gasteiger partial charge in [-0.1, -0.05) is 6.07 Å². The summed E-state index contributed by atoms with van der Waals surface area (Å²) in [6.07, 6.45) is 4.12. The number of anilines is 1. The molecule has 2 heterocycles. The van der Waals surface area contributed by atoms with Crippen LogP contribution in [0.4, 0.5) is 10.1 Å². The molecule has 0 aromatic heterocycles. The van der Waals surface area contributed by atoms with Crippen LogP contribution in [0.2, 0.25) is 0 Å². The smallest absolute Gasteiger partial charge is 0.191 e. The van der Waals surface area contributed by atoms with Crippen molar-refractivity contribution in [3.8, 4) is 0 Å². The van der Waals surface area contributed by atoms with Crippen molar-refractivity contribution in [1.29, 1.82) is 0 Å². The summed E-state index contributed by atoms with van der Waals surface area (Å²) in [5.41, 5.74) is 1.66. The number of nitrogens with zero attached hydrogens (tertiary/aromatic N) is 2. The summed E-state index contributed by atoms with van der Waals surface area (Å²) < 4.78 is 43.8. The molecule has 0 aliphatic carbocycles. The fourth-order valence-corrected chi connectivity index (χ4v) is 5.48. The van der Waals surface area contributed by atoms with E-state index in [1.165, 1.54) is 12.3 Å². The minimum absolute atomic E-state index is 0. The summed E-state index contributed by atoms with van der Waals surface area (Å²) >= 11 is 0. The predicted molar refractivity (Wildman–Crippen MR) is 134 cm³/mol. The number of sulfone groups is 1. The van der Waals surface area contributed by atoms with E-state index >= 15 is 0 Å². The third kappa shape index (κ3) is 6.44. The fourth-order valence-electron chi connectivity index (χ4n) is 4.23. The van der Waals surface area contributed by atoms with Gasteiger partial charge in [0.05, 0.1) is 10.4 Å². The molecule has 1 atom stereocenters. The Labute approximate surface area is 202 Å². The zero-order valence-corrected chi connectivity index (χ0v) is 21.6. The Morgan fingerprint density at radius 2 is 2.06 bits per heavy atom. The second-order valence-corrected chi connectivity index (χ2v) is 10.8. The van der Waals surface area contributed by atoms with Gasteiger partial charge in [-0.2, -0.15) is 0 Å². The lowest BCUT2D eigenvalue weighted by atomic mass is 9.99. The zero-order chi connectivity index (χ0) is 21.8. The van der Waals surface area contributed by atoms with Crippen LogP contribution in [0, 0.1) is 12.7 Å². The Kier molecular flexibility index (Phi) is 9.38. The number of hydrogen-bond donors (Lipinski definition) is 2. The fraction of sp³-hybridized carbons (Fsp3) is 0.667. The zero-order valence-electron chi connectivity index (χ0n) is 18.5. The van der Waals surface area contributed by atoms with Crippen LogP contribution in [0.1, 0.15) is 31.2 Å². The molecule has 0 bridgehead atoms. The maximum atomic E-state index is 14.3. The van der Waals surface area contributed by atoms with Gasteiger partial charge in [0, 0.05) is 52.2 Å². The SMILES string of the molecule is CN=C(NCC1(S(C)(=O)=O)CCOCC1)NC1CCCN(c2cc(C)ccc2F)C1.I. The van der Waals surface area contributed by atoms with Crippen LogP contribution in [0.5, 0.6) is 0 Å². The number of ether oxygens (including phenoxy) is 1. The molecule has 3 rings (SSSR count). The Balaban J connectivity index is 0.00000341. The number of nitrogens with one attached hydrogen (secondary N) is 2. The molecule has 176 valence electrons. The molecule has 1 unspecified atom stereocenters. The van der Waals surface area contributed by atoms with E-state index in [4.69, 9.17) is 4.74 Å². The van der Waals surface area contributed by atoms with E-state index in [0.717, 1.165) is 24.9 Å². The van der Waals surface area contributed by atoms with E-state index in [-0.39, 0.29) is 42.4 Å². The first-order valence-electron chi connectivity index (χ1n) is 10.5.